The number of hydrogen-bond acceptors (Lipinski definition) is 15. The summed E-state index contributed by atoms with van der Waals surface area (Å²) < 4.78 is 70.6. The number of hydrogen-bond donors (Lipinski definition) is 0. The fraction of sp³-hybridized carbons (Fsp3) is 0.618. The summed E-state index contributed by atoms with van der Waals surface area (Å²) in [5.74, 6) is 0. The minimum atomic E-state index is -4.24. The van der Waals surface area contributed by atoms with Crippen LogP contribution in [-0.2, 0) is 54.0 Å². The molecule has 1 fully saturated rings. The van der Waals surface area contributed by atoms with Crippen LogP contribution in [0.5, 0.6) is 0 Å². The molecule has 1 aliphatic heterocycles. The van der Waals surface area contributed by atoms with Crippen LogP contribution in [-0.4, -0.2) is 84.3 Å². The third-order valence-electron chi connectivity index (χ3n) is 6.79. The second-order valence-electron chi connectivity index (χ2n) is 15.0. The minimum Gasteiger partial charge on any atom is -0.431 e. The molecule has 0 N–H and O–H groups in total. The maximum Gasteiger partial charge on any atom is 0.509 e. The van der Waals surface area contributed by atoms with Crippen molar-refractivity contribution in [3.8, 4) is 0 Å². The van der Waals surface area contributed by atoms with Gasteiger partial charge in [-0.3, -0.25) is 18.1 Å². The number of ether oxygens (including phenoxy) is 7. The zero-order chi connectivity index (χ0) is 39.4. The molecule has 3 rings (SSSR count). The van der Waals surface area contributed by atoms with Gasteiger partial charge in [0.15, 0.2) is 18.4 Å². The first-order valence-electron chi connectivity index (χ1n) is 16.4. The lowest BCUT2D eigenvalue weighted by Gasteiger charge is -2.28. The van der Waals surface area contributed by atoms with Crippen molar-refractivity contribution in [2.75, 3.05) is 13.2 Å². The molecule has 0 aliphatic carbocycles. The van der Waals surface area contributed by atoms with Gasteiger partial charge < -0.3 is 33.2 Å². The molecule has 0 saturated carbocycles. The maximum absolute atomic E-state index is 13.9. The number of aromatic nitrogens is 2. The van der Waals surface area contributed by atoms with Crippen LogP contribution >= 0.6 is 0 Å². The predicted molar refractivity (Wildman–Crippen MR) is 182 cm³/mol. The van der Waals surface area contributed by atoms with Crippen molar-refractivity contribution >= 4 is 28.6 Å². The molecule has 1 aromatic carbocycles. The highest BCUT2D eigenvalue weighted by Gasteiger charge is 2.53. The second kappa shape index (κ2) is 16.1. The van der Waals surface area contributed by atoms with Gasteiger partial charge in [-0.05, 0) is 88.3 Å². The van der Waals surface area contributed by atoms with E-state index in [-0.39, 0.29) is 10.5 Å². The number of aryl methyl sites for hydroxylation is 2. The van der Waals surface area contributed by atoms with Gasteiger partial charge in [0, 0.05) is 11.8 Å². The van der Waals surface area contributed by atoms with Crippen molar-refractivity contribution in [2.45, 2.75) is 129 Å². The Labute approximate surface area is 302 Å². The van der Waals surface area contributed by atoms with E-state index < -0.39 is 101 Å². The van der Waals surface area contributed by atoms with Gasteiger partial charge in [0.2, 0.25) is 0 Å². The fourth-order valence-electron chi connectivity index (χ4n) is 4.68. The Morgan fingerprint density at radius 3 is 1.79 bits per heavy atom. The summed E-state index contributed by atoms with van der Waals surface area (Å²) >= 11 is 0. The average molecular weight is 757 g/mol. The van der Waals surface area contributed by atoms with Crippen molar-refractivity contribution in [3.05, 3.63) is 62.4 Å². The molecule has 52 heavy (non-hydrogen) atoms. The summed E-state index contributed by atoms with van der Waals surface area (Å²) in [4.78, 5) is 65.4. The maximum atomic E-state index is 13.9. The van der Waals surface area contributed by atoms with Crippen LogP contribution in [0.25, 0.3) is 0 Å². The smallest absolute Gasteiger partial charge is 0.431 e. The number of benzene rings is 1. The molecule has 2 heterocycles. The third kappa shape index (κ3) is 12.1. The van der Waals surface area contributed by atoms with Crippen molar-refractivity contribution < 1.29 is 60.1 Å². The molecule has 1 aliphatic rings. The lowest BCUT2D eigenvalue weighted by atomic mass is 10.1. The van der Waals surface area contributed by atoms with Crippen LogP contribution in [0.3, 0.4) is 0 Å². The molecule has 1 aromatic heterocycles. The Kier molecular flexibility index (Phi) is 13.0. The van der Waals surface area contributed by atoms with E-state index >= 15 is 0 Å². The molecule has 2 aromatic rings. The van der Waals surface area contributed by atoms with E-state index in [0.29, 0.717) is 4.57 Å². The molecule has 1 saturated heterocycles. The van der Waals surface area contributed by atoms with Gasteiger partial charge in [-0.25, -0.2) is 19.2 Å². The average Bonchev–Trinajstić information content (AvgIpc) is 3.28. The van der Waals surface area contributed by atoms with Crippen molar-refractivity contribution in [2.24, 2.45) is 0 Å². The van der Waals surface area contributed by atoms with Gasteiger partial charge in [0.1, 0.15) is 29.5 Å². The van der Waals surface area contributed by atoms with Gasteiger partial charge in [0.25, 0.3) is 15.7 Å². The van der Waals surface area contributed by atoms with E-state index in [4.69, 9.17) is 37.3 Å². The first kappa shape index (κ1) is 42.0. The van der Waals surface area contributed by atoms with Crippen LogP contribution in [0, 0.1) is 13.8 Å². The zero-order valence-electron chi connectivity index (χ0n) is 31.2. The summed E-state index contributed by atoms with van der Waals surface area (Å²) in [6, 6.07) is 5.89. The van der Waals surface area contributed by atoms with E-state index in [1.807, 2.05) is 0 Å². The zero-order valence-corrected chi connectivity index (χ0v) is 32.1. The summed E-state index contributed by atoms with van der Waals surface area (Å²) in [5.41, 5.74) is -3.95. The van der Waals surface area contributed by atoms with Gasteiger partial charge in [-0.2, -0.15) is 8.42 Å². The Morgan fingerprint density at radius 2 is 1.27 bits per heavy atom. The summed E-state index contributed by atoms with van der Waals surface area (Å²) in [6.45, 7) is 15.8. The Morgan fingerprint density at radius 1 is 0.769 bits per heavy atom. The molecule has 4 atom stereocenters. The van der Waals surface area contributed by atoms with Gasteiger partial charge in [-0.1, -0.05) is 17.7 Å². The minimum absolute atomic E-state index is 0.00123. The highest BCUT2D eigenvalue weighted by molar-refractivity contribution is 7.86. The summed E-state index contributed by atoms with van der Waals surface area (Å²) in [6.07, 6.45) is -8.66. The lowest BCUT2D eigenvalue weighted by Crippen LogP contribution is -2.47. The molecular weight excluding hydrogens is 708 g/mol. The molecule has 0 radical (unpaired) electrons. The molecule has 0 spiro atoms. The normalized spacial score (nSPS) is 19.4. The number of carbonyl (C=O) groups is 3. The van der Waals surface area contributed by atoms with Crippen LogP contribution in [0.2, 0.25) is 0 Å². The molecule has 0 amide bonds. The largest absolute Gasteiger partial charge is 0.509 e. The van der Waals surface area contributed by atoms with Crippen molar-refractivity contribution in [1.82, 2.24) is 9.13 Å². The van der Waals surface area contributed by atoms with Crippen LogP contribution in [0.4, 0.5) is 14.4 Å². The van der Waals surface area contributed by atoms with Crippen LogP contribution in [0.15, 0.2) is 44.9 Å². The first-order valence-corrected chi connectivity index (χ1v) is 17.8. The predicted octanol–water partition coefficient (Wildman–Crippen LogP) is 4.52. The molecule has 0 bridgehead atoms. The Balaban J connectivity index is 2.05. The molecule has 18 heteroatoms. The van der Waals surface area contributed by atoms with E-state index in [0.717, 1.165) is 16.3 Å². The second-order valence-corrected chi connectivity index (χ2v) is 16.6. The first-order chi connectivity index (χ1) is 23.8. The highest BCUT2D eigenvalue weighted by Crippen LogP contribution is 2.35. The number of carbonyl (C=O) groups excluding carboxylic acids is 3. The number of rotatable bonds is 10. The standard InChI is InChI=1S/C34H48N2O15S/c1-20-12-14-22(15-13-20)52(42,43)45-17-16-35-26(37)21(2)18-36(28(35)38)27-25(48-31(41)51-34(9,10)11)24(47-30(40)50-33(6,7)8)23(46-27)19-44-29(39)49-32(3,4)5/h12-15,18,23-25,27H,16-17,19H2,1-11H3/t23-,24-,25-,27-/m1/s1. The third-order valence-corrected chi connectivity index (χ3v) is 8.11. The quantitative estimate of drug-likeness (QED) is 0.186. The van der Waals surface area contributed by atoms with E-state index in [1.165, 1.54) is 19.1 Å². The van der Waals surface area contributed by atoms with Gasteiger partial charge in [-0.15, -0.1) is 0 Å². The lowest BCUT2D eigenvalue weighted by molar-refractivity contribution is -0.0883. The van der Waals surface area contributed by atoms with Crippen molar-refractivity contribution in [3.63, 3.8) is 0 Å². The van der Waals surface area contributed by atoms with E-state index in [9.17, 15) is 32.4 Å². The summed E-state index contributed by atoms with van der Waals surface area (Å²) in [7, 11) is -4.24. The fourth-order valence-corrected chi connectivity index (χ4v) is 5.58. The van der Waals surface area contributed by atoms with Crippen LogP contribution in [0.1, 0.15) is 79.7 Å². The SMILES string of the molecule is Cc1ccc(S(=O)(=O)OCCn2c(=O)c(C)cn([C@@H]3O[C@H](COC(=O)OC(C)(C)C)[C@@H](OC(=O)OC(C)(C)C)[C@H]3OC(=O)OC(C)(C)C)c2=O)cc1. The van der Waals surface area contributed by atoms with Gasteiger partial charge >= 0.3 is 24.2 Å². The highest BCUT2D eigenvalue weighted by atomic mass is 32.2. The molecule has 17 nitrogen and oxygen atoms in total. The number of nitrogens with zero attached hydrogens (tertiary/aromatic N) is 2. The molecule has 290 valence electrons. The van der Waals surface area contributed by atoms with Crippen LogP contribution < -0.4 is 11.2 Å². The summed E-state index contributed by atoms with van der Waals surface area (Å²) in [5, 5.41) is 0. The molecule has 0 unspecified atom stereocenters. The Hall–Kier alpha value is -4.42. The van der Waals surface area contributed by atoms with Crippen molar-refractivity contribution in [1.29, 1.82) is 0 Å². The topological polar surface area (TPSA) is 203 Å². The monoisotopic (exact) mass is 756 g/mol. The van der Waals surface area contributed by atoms with E-state index in [1.54, 1.807) is 81.4 Å². The Bertz CT molecular complexity index is 1830. The van der Waals surface area contributed by atoms with E-state index in [2.05, 4.69) is 0 Å². The molecular formula is C34H48N2O15S. The van der Waals surface area contributed by atoms with Gasteiger partial charge in [0.05, 0.1) is 18.0 Å².